The molecule has 1 fully saturated rings. The predicted octanol–water partition coefficient (Wildman–Crippen LogP) is 1.77. The van der Waals surface area contributed by atoms with Gasteiger partial charge in [0, 0.05) is 19.3 Å². The Labute approximate surface area is 115 Å². The van der Waals surface area contributed by atoms with Crippen molar-refractivity contribution >= 4 is 10.2 Å². The Morgan fingerprint density at radius 2 is 2.11 bits per heavy atom. The number of aromatic nitrogens is 1. The molecular weight excluding hydrogens is 262 g/mol. The zero-order valence-electron chi connectivity index (χ0n) is 11.5. The summed E-state index contributed by atoms with van der Waals surface area (Å²) < 4.78 is 28.8. The highest BCUT2D eigenvalue weighted by atomic mass is 32.2. The molecule has 0 aliphatic carbocycles. The summed E-state index contributed by atoms with van der Waals surface area (Å²) in [7, 11) is -3.39. The lowest BCUT2D eigenvalue weighted by molar-refractivity contribution is 0.449. The maximum atomic E-state index is 12.2. The molecule has 1 aromatic rings. The minimum absolute atomic E-state index is 0.259. The van der Waals surface area contributed by atoms with Crippen LogP contribution in [0, 0.1) is 6.92 Å². The number of hydrogen-bond acceptors (Lipinski definition) is 3. The van der Waals surface area contributed by atoms with Crippen LogP contribution in [0.5, 0.6) is 0 Å². The van der Waals surface area contributed by atoms with Crippen LogP contribution in [-0.2, 0) is 10.2 Å². The van der Waals surface area contributed by atoms with Gasteiger partial charge in [0.2, 0.25) is 0 Å². The summed E-state index contributed by atoms with van der Waals surface area (Å²) in [5.41, 5.74) is 1.87. The lowest BCUT2D eigenvalue weighted by atomic mass is 10.1. The van der Waals surface area contributed by atoms with E-state index >= 15 is 0 Å². The summed E-state index contributed by atoms with van der Waals surface area (Å²) in [4.78, 5) is 4.28. The first-order chi connectivity index (χ1) is 9.03. The summed E-state index contributed by atoms with van der Waals surface area (Å²) in [5, 5.41) is 0. The molecule has 0 bridgehead atoms. The molecule has 1 unspecified atom stereocenters. The largest absolute Gasteiger partial charge is 0.280 e. The van der Waals surface area contributed by atoms with Crippen LogP contribution in [0.25, 0.3) is 0 Å². The van der Waals surface area contributed by atoms with Gasteiger partial charge in [-0.2, -0.15) is 17.4 Å². The van der Waals surface area contributed by atoms with Gasteiger partial charge in [0.25, 0.3) is 10.2 Å². The van der Waals surface area contributed by atoms with Crippen molar-refractivity contribution < 1.29 is 8.42 Å². The number of aryl methyl sites for hydroxylation is 1. The third-order valence-corrected chi connectivity index (χ3v) is 5.03. The minimum Gasteiger partial charge on any atom is -0.260 e. The highest BCUT2D eigenvalue weighted by Gasteiger charge is 2.28. The second kappa shape index (κ2) is 5.98. The molecule has 1 saturated heterocycles. The molecule has 1 aliphatic rings. The van der Waals surface area contributed by atoms with Crippen molar-refractivity contribution in [1.29, 1.82) is 0 Å². The molecular formula is C13H21N3O2S. The fraction of sp³-hybridized carbons (Fsp3) is 0.615. The summed E-state index contributed by atoms with van der Waals surface area (Å²) >= 11 is 0. The molecule has 0 saturated carbocycles. The molecule has 1 aromatic heterocycles. The summed E-state index contributed by atoms with van der Waals surface area (Å²) in [6.45, 7) is 5.17. The molecule has 1 N–H and O–H groups in total. The van der Waals surface area contributed by atoms with E-state index in [-0.39, 0.29) is 6.04 Å². The summed E-state index contributed by atoms with van der Waals surface area (Å²) in [6.07, 6.45) is 4.29. The highest BCUT2D eigenvalue weighted by molar-refractivity contribution is 7.87. The third-order valence-electron chi connectivity index (χ3n) is 3.40. The van der Waals surface area contributed by atoms with Crippen molar-refractivity contribution in [3.63, 3.8) is 0 Å². The molecule has 1 aliphatic heterocycles. The Hall–Kier alpha value is -0.980. The van der Waals surface area contributed by atoms with E-state index in [2.05, 4.69) is 9.71 Å². The SMILES string of the molecule is CCC(NS(=O)(=O)N1CCCC1)c1cc(C)ccn1. The number of nitrogens with one attached hydrogen (secondary N) is 1. The van der Waals surface area contributed by atoms with Gasteiger partial charge in [0.05, 0.1) is 11.7 Å². The zero-order valence-corrected chi connectivity index (χ0v) is 12.3. The number of rotatable bonds is 5. The van der Waals surface area contributed by atoms with E-state index in [0.29, 0.717) is 19.5 Å². The number of nitrogens with zero attached hydrogens (tertiary/aromatic N) is 2. The van der Waals surface area contributed by atoms with Gasteiger partial charge in [-0.3, -0.25) is 4.98 Å². The molecule has 6 heteroatoms. The van der Waals surface area contributed by atoms with E-state index in [1.54, 1.807) is 6.20 Å². The number of pyridine rings is 1. The van der Waals surface area contributed by atoms with E-state index in [0.717, 1.165) is 24.1 Å². The molecule has 19 heavy (non-hydrogen) atoms. The van der Waals surface area contributed by atoms with Gasteiger partial charge in [0.1, 0.15) is 0 Å². The van der Waals surface area contributed by atoms with Crippen molar-refractivity contribution in [2.24, 2.45) is 0 Å². The fourth-order valence-electron chi connectivity index (χ4n) is 2.29. The van der Waals surface area contributed by atoms with Gasteiger partial charge in [-0.05, 0) is 43.9 Å². The maximum Gasteiger partial charge on any atom is 0.280 e. The van der Waals surface area contributed by atoms with Crippen molar-refractivity contribution in [1.82, 2.24) is 14.0 Å². The normalized spacial score (nSPS) is 18.6. The van der Waals surface area contributed by atoms with Gasteiger partial charge < -0.3 is 0 Å². The van der Waals surface area contributed by atoms with Crippen LogP contribution in [0.3, 0.4) is 0 Å². The number of hydrogen-bond donors (Lipinski definition) is 1. The third kappa shape index (κ3) is 3.52. The zero-order chi connectivity index (χ0) is 13.9. The van der Waals surface area contributed by atoms with Crippen LogP contribution in [-0.4, -0.2) is 30.8 Å². The molecule has 0 amide bonds. The first-order valence-electron chi connectivity index (χ1n) is 6.73. The molecule has 106 valence electrons. The Balaban J connectivity index is 2.15. The van der Waals surface area contributed by atoms with Crippen LogP contribution < -0.4 is 4.72 Å². The summed E-state index contributed by atoms with van der Waals surface area (Å²) in [5.74, 6) is 0. The van der Waals surface area contributed by atoms with Crippen molar-refractivity contribution in [2.45, 2.75) is 39.2 Å². The van der Waals surface area contributed by atoms with Crippen molar-refractivity contribution in [3.05, 3.63) is 29.6 Å². The van der Waals surface area contributed by atoms with Crippen molar-refractivity contribution in [2.75, 3.05) is 13.1 Å². The monoisotopic (exact) mass is 283 g/mol. The quantitative estimate of drug-likeness (QED) is 0.896. The van der Waals surface area contributed by atoms with Gasteiger partial charge in [-0.25, -0.2) is 0 Å². The topological polar surface area (TPSA) is 62.3 Å². The Morgan fingerprint density at radius 1 is 1.42 bits per heavy atom. The lowest BCUT2D eigenvalue weighted by Crippen LogP contribution is -2.40. The van der Waals surface area contributed by atoms with Gasteiger partial charge >= 0.3 is 0 Å². The fourth-order valence-corrected chi connectivity index (χ4v) is 3.82. The van der Waals surface area contributed by atoms with Gasteiger partial charge in [-0.15, -0.1) is 0 Å². The maximum absolute atomic E-state index is 12.2. The van der Waals surface area contributed by atoms with Crippen molar-refractivity contribution in [3.8, 4) is 0 Å². The van der Waals surface area contributed by atoms with Crippen LogP contribution >= 0.6 is 0 Å². The van der Waals surface area contributed by atoms with Gasteiger partial charge in [-0.1, -0.05) is 6.92 Å². The van der Waals surface area contributed by atoms with E-state index < -0.39 is 10.2 Å². The average Bonchev–Trinajstić information content (AvgIpc) is 2.90. The second-order valence-electron chi connectivity index (χ2n) is 4.95. The molecule has 2 heterocycles. The Kier molecular flexibility index (Phi) is 4.54. The second-order valence-corrected chi connectivity index (χ2v) is 6.65. The van der Waals surface area contributed by atoms with E-state index in [9.17, 15) is 8.42 Å². The molecule has 0 spiro atoms. The van der Waals surface area contributed by atoms with E-state index in [1.165, 1.54) is 4.31 Å². The molecule has 2 rings (SSSR count). The molecule has 5 nitrogen and oxygen atoms in total. The molecule has 1 atom stereocenters. The highest BCUT2D eigenvalue weighted by Crippen LogP contribution is 2.19. The standard InChI is InChI=1S/C13H21N3O2S/c1-3-12(13-10-11(2)6-7-14-13)15-19(17,18)16-8-4-5-9-16/h6-7,10,12,15H,3-5,8-9H2,1-2H3. The first-order valence-corrected chi connectivity index (χ1v) is 8.17. The van der Waals surface area contributed by atoms with Crippen LogP contribution in [0.15, 0.2) is 18.3 Å². The molecule has 0 radical (unpaired) electrons. The van der Waals surface area contributed by atoms with Crippen LogP contribution in [0.2, 0.25) is 0 Å². The lowest BCUT2D eigenvalue weighted by Gasteiger charge is -2.21. The van der Waals surface area contributed by atoms with Crippen LogP contribution in [0.1, 0.15) is 43.5 Å². The van der Waals surface area contributed by atoms with Crippen LogP contribution in [0.4, 0.5) is 0 Å². The van der Waals surface area contributed by atoms with Gasteiger partial charge in [0.15, 0.2) is 0 Å². The summed E-state index contributed by atoms with van der Waals surface area (Å²) in [6, 6.07) is 3.58. The average molecular weight is 283 g/mol. The Morgan fingerprint density at radius 3 is 2.68 bits per heavy atom. The van der Waals surface area contributed by atoms with E-state index in [4.69, 9.17) is 0 Å². The predicted molar refractivity (Wildman–Crippen MR) is 74.9 cm³/mol. The minimum atomic E-state index is -3.39. The smallest absolute Gasteiger partial charge is 0.260 e. The molecule has 0 aromatic carbocycles. The Bertz CT molecular complexity index is 524. The van der Waals surface area contributed by atoms with E-state index in [1.807, 2.05) is 26.0 Å². The first kappa shape index (κ1) is 14.4.